The number of aryl methyl sites for hydroxylation is 1. The van der Waals surface area contributed by atoms with Gasteiger partial charge in [-0.25, -0.2) is 4.98 Å². The minimum Gasteiger partial charge on any atom is -0.296 e. The Kier molecular flexibility index (Phi) is 2.51. The molecule has 0 saturated carbocycles. The average Bonchev–Trinajstić information content (AvgIpc) is 3.70. The van der Waals surface area contributed by atoms with Gasteiger partial charge in [0.05, 0.1) is 45.3 Å². The maximum Gasteiger partial charge on any atom is 0.114 e. The van der Waals surface area contributed by atoms with Crippen molar-refractivity contribution in [1.29, 1.82) is 0 Å². The summed E-state index contributed by atoms with van der Waals surface area (Å²) in [6.45, 7) is 1.60. The zero-order valence-corrected chi connectivity index (χ0v) is 22.1. The van der Waals surface area contributed by atoms with Crippen LogP contribution in [0, 0.1) is 0 Å². The van der Waals surface area contributed by atoms with Crippen LogP contribution in [0.25, 0.3) is 71.6 Å². The monoisotopic (exact) mass is 575 g/mol. The van der Waals surface area contributed by atoms with E-state index in [2.05, 4.69) is 4.98 Å². The molecule has 2 nitrogen and oxygen atoms in total. The van der Waals surface area contributed by atoms with Gasteiger partial charge >= 0.3 is 0 Å². The Bertz CT molecular complexity index is 3500. The van der Waals surface area contributed by atoms with E-state index in [9.17, 15) is 13.7 Å². The summed E-state index contributed by atoms with van der Waals surface area (Å²) < 4.78 is 223. The summed E-state index contributed by atoms with van der Waals surface area (Å²) in [6, 6.07) is -22.2. The lowest BCUT2D eigenvalue weighted by Crippen LogP contribution is -2.00. The Hall–Kier alpha value is -5.47. The van der Waals surface area contributed by atoms with E-state index in [1.165, 1.54) is 0 Å². The molecule has 0 amide bonds. The van der Waals surface area contributed by atoms with Gasteiger partial charge in [0.2, 0.25) is 0 Å². The minimum absolute atomic E-state index is 0.00143. The van der Waals surface area contributed by atoms with Crippen LogP contribution in [0.2, 0.25) is 0 Å². The Labute approximate surface area is 286 Å². The molecule has 43 heavy (non-hydrogen) atoms. The number of benzene rings is 7. The molecule has 8 aromatic rings. The maximum atomic E-state index is 9.50. The number of hydrogen-bond acceptors (Lipinski definition) is 1. The van der Waals surface area contributed by atoms with Crippen molar-refractivity contribution in [3.05, 3.63) is 157 Å². The predicted octanol–water partition coefficient (Wildman–Crippen LogP) is 10.9. The number of nitrogens with zero attached hydrogens (tertiary/aromatic N) is 2. The smallest absolute Gasteiger partial charge is 0.114 e. The second-order valence-corrected chi connectivity index (χ2v) is 9.14. The fraction of sp³-hybridized carbons (Fsp3) is 0.0488. The van der Waals surface area contributed by atoms with Crippen molar-refractivity contribution in [2.75, 3.05) is 0 Å². The summed E-state index contributed by atoms with van der Waals surface area (Å²) in [5.41, 5.74) is -5.52. The van der Waals surface area contributed by atoms with Crippen molar-refractivity contribution in [1.82, 2.24) is 9.55 Å². The predicted molar refractivity (Wildman–Crippen MR) is 182 cm³/mol. The molecule has 7 aromatic carbocycles. The van der Waals surface area contributed by atoms with E-state index in [4.69, 9.17) is 20.6 Å². The van der Waals surface area contributed by atoms with Crippen LogP contribution in [-0.2, 0) is 6.42 Å². The van der Waals surface area contributed by atoms with Crippen molar-refractivity contribution < 1.29 is 34.3 Å². The summed E-state index contributed by atoms with van der Waals surface area (Å²) in [4.78, 5) is 4.35. The highest BCUT2D eigenvalue weighted by molar-refractivity contribution is 6.21. The van der Waals surface area contributed by atoms with Crippen molar-refractivity contribution in [3.8, 4) is 39.1 Å². The maximum absolute atomic E-state index is 9.50. The molecule has 0 aliphatic heterocycles. The minimum atomic E-state index is -1.03. The molecule has 0 N–H and O–H groups in total. The summed E-state index contributed by atoms with van der Waals surface area (Å²) in [5.74, 6) is 0.00143. The zero-order chi connectivity index (χ0) is 50.5. The van der Waals surface area contributed by atoms with E-state index in [1.54, 1.807) is 6.92 Å². The highest BCUT2D eigenvalue weighted by Crippen LogP contribution is 2.44. The van der Waals surface area contributed by atoms with Crippen LogP contribution in [0.1, 0.15) is 47.0 Å². The number of fused-ring (bicyclic) bond motifs is 3. The fourth-order valence-electron chi connectivity index (χ4n) is 4.93. The standard InChI is InChI=1S/C41H30N2/c1-2-39-42-37-18-10-11-19-38(37)43(39)32-26-24-31(25-27-32)41-35-16-8-6-14-33(35)40(34-15-7-9-17-36(34)41)30-22-20-29(21-23-30)28-12-4-3-5-13-28/h3-27H,2H2,1H3/i3D,4D,5D,6D,7D,8D,9D,10D,11D,12D,13D,14D,15D,16D,17D,18D,19D,20D,21D,22D,23D,24D,25D,26D,27D. The third-order valence-corrected chi connectivity index (χ3v) is 6.77. The molecule has 0 aliphatic rings. The first kappa shape index (κ1) is 10.4. The van der Waals surface area contributed by atoms with Gasteiger partial charge in [0.25, 0.3) is 0 Å². The highest BCUT2D eigenvalue weighted by Gasteiger charge is 2.17. The molecule has 0 aliphatic carbocycles. The number of rotatable bonds is 5. The Morgan fingerprint density at radius 3 is 1.49 bits per heavy atom. The van der Waals surface area contributed by atoms with Crippen molar-refractivity contribution in [3.63, 3.8) is 0 Å². The van der Waals surface area contributed by atoms with E-state index in [-0.39, 0.29) is 23.3 Å². The van der Waals surface area contributed by atoms with Gasteiger partial charge in [-0.05, 0) is 79.1 Å². The normalized spacial score (nSPS) is 19.6. The molecule has 1 heterocycles. The third kappa shape index (κ3) is 4.23. The summed E-state index contributed by atoms with van der Waals surface area (Å²) in [6.07, 6.45) is 0.0122. The first-order valence-electron chi connectivity index (χ1n) is 25.4. The summed E-state index contributed by atoms with van der Waals surface area (Å²) >= 11 is 0. The van der Waals surface area contributed by atoms with Gasteiger partial charge in [-0.2, -0.15) is 0 Å². The average molecular weight is 576 g/mol. The van der Waals surface area contributed by atoms with E-state index in [1.807, 2.05) is 0 Å². The summed E-state index contributed by atoms with van der Waals surface area (Å²) in [5, 5.41) is -2.79. The topological polar surface area (TPSA) is 17.8 Å². The molecule has 0 unspecified atom stereocenters. The molecule has 204 valence electrons. The molecule has 0 fully saturated rings. The van der Waals surface area contributed by atoms with E-state index >= 15 is 0 Å². The van der Waals surface area contributed by atoms with Gasteiger partial charge in [-0.15, -0.1) is 0 Å². The van der Waals surface area contributed by atoms with Gasteiger partial charge in [-0.3, -0.25) is 4.57 Å². The molecule has 0 bridgehead atoms. The van der Waals surface area contributed by atoms with Crippen LogP contribution in [0.4, 0.5) is 0 Å². The lowest BCUT2D eigenvalue weighted by atomic mass is 9.85. The van der Waals surface area contributed by atoms with Gasteiger partial charge < -0.3 is 0 Å². The van der Waals surface area contributed by atoms with Crippen LogP contribution in [-0.4, -0.2) is 9.55 Å². The quantitative estimate of drug-likeness (QED) is 0.187. The molecule has 0 atom stereocenters. The Morgan fingerprint density at radius 2 is 0.930 bits per heavy atom. The number of hydrogen-bond donors (Lipinski definition) is 0. The number of para-hydroxylation sites is 2. The van der Waals surface area contributed by atoms with Crippen molar-refractivity contribution in [2.45, 2.75) is 13.3 Å². The highest BCUT2D eigenvalue weighted by atomic mass is 15.1. The van der Waals surface area contributed by atoms with Crippen molar-refractivity contribution in [2.24, 2.45) is 0 Å². The largest absolute Gasteiger partial charge is 0.296 e. The van der Waals surface area contributed by atoms with E-state index < -0.39 is 212 Å². The first-order chi connectivity index (χ1) is 31.7. The molecule has 2 heteroatoms. The van der Waals surface area contributed by atoms with Gasteiger partial charge in [0.15, 0.2) is 0 Å². The molecule has 0 spiro atoms. The lowest BCUT2D eigenvalue weighted by Gasteiger charge is -2.18. The van der Waals surface area contributed by atoms with E-state index in [0.717, 1.165) is 4.57 Å². The number of aromatic nitrogens is 2. The number of imidazole rings is 1. The summed E-state index contributed by atoms with van der Waals surface area (Å²) in [7, 11) is 0. The van der Waals surface area contributed by atoms with Gasteiger partial charge in [0, 0.05) is 12.1 Å². The molecular formula is C41H30N2. The molecule has 0 radical (unpaired) electrons. The van der Waals surface area contributed by atoms with Crippen LogP contribution < -0.4 is 0 Å². The molecule has 8 rings (SSSR count). The van der Waals surface area contributed by atoms with Crippen LogP contribution in [0.15, 0.2) is 151 Å². The van der Waals surface area contributed by atoms with Gasteiger partial charge in [0.1, 0.15) is 5.82 Å². The Balaban J connectivity index is 1.63. The van der Waals surface area contributed by atoms with Crippen LogP contribution in [0.5, 0.6) is 0 Å². The Morgan fingerprint density at radius 1 is 0.488 bits per heavy atom. The van der Waals surface area contributed by atoms with Crippen molar-refractivity contribution >= 4 is 32.6 Å². The molecule has 0 saturated heterocycles. The van der Waals surface area contributed by atoms with Crippen LogP contribution in [0.3, 0.4) is 0 Å². The third-order valence-electron chi connectivity index (χ3n) is 6.77. The zero-order valence-electron chi connectivity index (χ0n) is 47.1. The van der Waals surface area contributed by atoms with Crippen LogP contribution >= 0.6 is 0 Å². The lowest BCUT2D eigenvalue weighted by molar-refractivity contribution is 0.908. The molecular weight excluding hydrogens is 520 g/mol. The SMILES string of the molecule is [2H]c1c([2H])c([2H])c(-c2c([2H])c([2H])c(-c3c4c([2H])c([2H])c([2H])c([2H])c4c(-c4c([2H])c([2H])c(-n5c(CC)nc6c([2H])c([2H])c([2H])c([2H])c65)c([2H])c4[2H])c4c([2H])c([2H])c([2H])c([2H])c34)c([2H])c2[2H])c([2H])c1[2H]. The van der Waals surface area contributed by atoms with Gasteiger partial charge in [-0.1, -0.05) is 134 Å². The second-order valence-electron chi connectivity index (χ2n) is 9.14. The second kappa shape index (κ2) is 10.4. The first-order valence-corrected chi connectivity index (χ1v) is 12.9. The van der Waals surface area contributed by atoms with E-state index in [0.29, 0.717) is 0 Å². The molecule has 1 aromatic heterocycles. The fourth-order valence-corrected chi connectivity index (χ4v) is 4.93.